The Morgan fingerprint density at radius 2 is 1.94 bits per heavy atom. The lowest BCUT2D eigenvalue weighted by Gasteiger charge is -2.19. The van der Waals surface area contributed by atoms with E-state index in [2.05, 4.69) is 5.32 Å². The zero-order chi connectivity index (χ0) is 13.5. The van der Waals surface area contributed by atoms with Crippen molar-refractivity contribution >= 4 is 23.6 Å². The molecule has 2 unspecified atom stereocenters. The second-order valence-corrected chi connectivity index (χ2v) is 5.13. The Kier molecular flexibility index (Phi) is 5.71. The first-order valence-electron chi connectivity index (χ1n) is 5.64. The molecule has 5 heteroatoms. The maximum atomic E-state index is 11.8. The van der Waals surface area contributed by atoms with Crippen molar-refractivity contribution in [3.05, 3.63) is 35.9 Å². The van der Waals surface area contributed by atoms with Crippen molar-refractivity contribution in [3.8, 4) is 0 Å². The van der Waals surface area contributed by atoms with Crippen LogP contribution in [-0.4, -0.2) is 28.5 Å². The third-order valence-electron chi connectivity index (χ3n) is 2.62. The van der Waals surface area contributed by atoms with E-state index >= 15 is 0 Å². The normalized spacial score (nSPS) is 13.7. The van der Waals surface area contributed by atoms with Crippen LogP contribution in [0.5, 0.6) is 0 Å². The zero-order valence-electron chi connectivity index (χ0n) is 10.4. The van der Waals surface area contributed by atoms with E-state index < -0.39 is 12.0 Å². The molecule has 1 amide bonds. The molecule has 0 aliphatic carbocycles. The molecule has 0 saturated heterocycles. The molecule has 0 bridgehead atoms. The first-order chi connectivity index (χ1) is 8.54. The minimum Gasteiger partial charge on any atom is -0.481 e. The number of carbonyl (C=O) groups excluding carboxylic acids is 1. The SMILES string of the molecule is CSC(C)C(=O)NC(CC(=O)O)c1ccccc1. The third-order valence-corrected chi connectivity index (χ3v) is 3.54. The van der Waals surface area contributed by atoms with Crippen molar-refractivity contribution < 1.29 is 14.7 Å². The lowest BCUT2D eigenvalue weighted by atomic mass is 10.0. The van der Waals surface area contributed by atoms with Crippen molar-refractivity contribution in [2.24, 2.45) is 0 Å². The summed E-state index contributed by atoms with van der Waals surface area (Å²) in [5.41, 5.74) is 0.807. The summed E-state index contributed by atoms with van der Waals surface area (Å²) in [7, 11) is 0. The first kappa shape index (κ1) is 14.6. The van der Waals surface area contributed by atoms with E-state index in [-0.39, 0.29) is 17.6 Å². The molecular formula is C13H17NO3S. The lowest BCUT2D eigenvalue weighted by molar-refractivity contribution is -0.137. The maximum Gasteiger partial charge on any atom is 0.305 e. The van der Waals surface area contributed by atoms with Crippen LogP contribution in [0.25, 0.3) is 0 Å². The van der Waals surface area contributed by atoms with Gasteiger partial charge in [-0.1, -0.05) is 30.3 Å². The van der Waals surface area contributed by atoms with Crippen LogP contribution in [0.1, 0.15) is 24.9 Å². The van der Waals surface area contributed by atoms with Crippen LogP contribution in [0.2, 0.25) is 0 Å². The molecule has 98 valence electrons. The summed E-state index contributed by atoms with van der Waals surface area (Å²) in [5.74, 6) is -1.07. The van der Waals surface area contributed by atoms with Gasteiger partial charge in [-0.2, -0.15) is 11.8 Å². The molecule has 18 heavy (non-hydrogen) atoms. The fraction of sp³-hybridized carbons (Fsp3) is 0.385. The van der Waals surface area contributed by atoms with Crippen LogP contribution in [0.15, 0.2) is 30.3 Å². The maximum absolute atomic E-state index is 11.8. The van der Waals surface area contributed by atoms with Gasteiger partial charge in [-0.3, -0.25) is 9.59 Å². The number of carbonyl (C=O) groups is 2. The molecule has 0 heterocycles. The molecule has 0 aromatic heterocycles. The van der Waals surface area contributed by atoms with Crippen molar-refractivity contribution in [2.45, 2.75) is 24.6 Å². The van der Waals surface area contributed by atoms with Gasteiger partial charge in [0.25, 0.3) is 0 Å². The monoisotopic (exact) mass is 267 g/mol. The van der Waals surface area contributed by atoms with Crippen LogP contribution >= 0.6 is 11.8 Å². The van der Waals surface area contributed by atoms with E-state index in [1.54, 1.807) is 6.92 Å². The van der Waals surface area contributed by atoms with Gasteiger partial charge in [0, 0.05) is 0 Å². The van der Waals surface area contributed by atoms with Gasteiger partial charge in [0.2, 0.25) is 5.91 Å². The van der Waals surface area contributed by atoms with Gasteiger partial charge in [-0.15, -0.1) is 0 Å². The smallest absolute Gasteiger partial charge is 0.305 e. The molecule has 0 fully saturated rings. The summed E-state index contributed by atoms with van der Waals surface area (Å²) in [4.78, 5) is 22.7. The molecule has 0 aliphatic rings. The van der Waals surface area contributed by atoms with Crippen molar-refractivity contribution in [2.75, 3.05) is 6.26 Å². The Morgan fingerprint density at radius 1 is 1.33 bits per heavy atom. The van der Waals surface area contributed by atoms with Crippen molar-refractivity contribution in [1.82, 2.24) is 5.32 Å². The van der Waals surface area contributed by atoms with Crippen molar-refractivity contribution in [3.63, 3.8) is 0 Å². The Bertz CT molecular complexity index is 408. The van der Waals surface area contributed by atoms with Crippen LogP contribution in [0.3, 0.4) is 0 Å². The summed E-state index contributed by atoms with van der Waals surface area (Å²) in [6.07, 6.45) is 1.73. The predicted octanol–water partition coefficient (Wildman–Crippen LogP) is 2.07. The van der Waals surface area contributed by atoms with Crippen LogP contribution in [-0.2, 0) is 9.59 Å². The van der Waals surface area contributed by atoms with E-state index in [1.165, 1.54) is 11.8 Å². The average Bonchev–Trinajstić information content (AvgIpc) is 2.37. The predicted molar refractivity (Wildman–Crippen MR) is 72.6 cm³/mol. The van der Waals surface area contributed by atoms with Crippen LogP contribution in [0, 0.1) is 0 Å². The fourth-order valence-electron chi connectivity index (χ4n) is 1.51. The number of carboxylic acids is 1. The minimum absolute atomic E-state index is 0.114. The molecule has 2 atom stereocenters. The van der Waals surface area contributed by atoms with Gasteiger partial charge >= 0.3 is 5.97 Å². The largest absolute Gasteiger partial charge is 0.481 e. The Hall–Kier alpha value is -1.49. The Labute approximate surface area is 111 Å². The summed E-state index contributed by atoms with van der Waals surface area (Å²) >= 11 is 1.43. The number of benzene rings is 1. The van der Waals surface area contributed by atoms with Gasteiger partial charge in [-0.05, 0) is 18.7 Å². The van der Waals surface area contributed by atoms with E-state index in [0.29, 0.717) is 0 Å². The molecule has 0 aliphatic heterocycles. The van der Waals surface area contributed by atoms with E-state index in [1.807, 2.05) is 36.6 Å². The molecule has 4 nitrogen and oxygen atoms in total. The molecule has 0 radical (unpaired) electrons. The van der Waals surface area contributed by atoms with Crippen LogP contribution in [0.4, 0.5) is 0 Å². The molecule has 1 aromatic carbocycles. The van der Waals surface area contributed by atoms with Gasteiger partial charge in [0.05, 0.1) is 17.7 Å². The van der Waals surface area contributed by atoms with Gasteiger partial charge in [0.1, 0.15) is 0 Å². The molecule has 1 aromatic rings. The standard InChI is InChI=1S/C13H17NO3S/c1-9(18-2)13(17)14-11(8-12(15)16)10-6-4-3-5-7-10/h3-7,9,11H,8H2,1-2H3,(H,14,17)(H,15,16). The Balaban J connectivity index is 2.80. The molecule has 0 spiro atoms. The summed E-state index contributed by atoms with van der Waals surface area (Å²) in [6, 6.07) is 8.66. The van der Waals surface area contributed by atoms with Gasteiger partial charge in [0.15, 0.2) is 0 Å². The molecule has 0 saturated carbocycles. The minimum atomic E-state index is -0.930. The molecule has 2 N–H and O–H groups in total. The number of amides is 1. The quantitative estimate of drug-likeness (QED) is 0.828. The second kappa shape index (κ2) is 7.06. The number of aliphatic carboxylic acids is 1. The molecule has 1 rings (SSSR count). The summed E-state index contributed by atoms with van der Waals surface area (Å²) in [5, 5.41) is 11.5. The van der Waals surface area contributed by atoms with E-state index in [4.69, 9.17) is 5.11 Å². The fourth-order valence-corrected chi connectivity index (χ4v) is 1.79. The highest BCUT2D eigenvalue weighted by Crippen LogP contribution is 2.17. The number of thioether (sulfide) groups is 1. The molecular weight excluding hydrogens is 250 g/mol. The van der Waals surface area contributed by atoms with E-state index in [9.17, 15) is 9.59 Å². The van der Waals surface area contributed by atoms with E-state index in [0.717, 1.165) is 5.56 Å². The van der Waals surface area contributed by atoms with Crippen molar-refractivity contribution in [1.29, 1.82) is 0 Å². The topological polar surface area (TPSA) is 66.4 Å². The first-order valence-corrected chi connectivity index (χ1v) is 6.93. The van der Waals surface area contributed by atoms with Gasteiger partial charge in [-0.25, -0.2) is 0 Å². The Morgan fingerprint density at radius 3 is 2.44 bits per heavy atom. The summed E-state index contributed by atoms with van der Waals surface area (Å²) in [6.45, 7) is 1.79. The number of nitrogens with one attached hydrogen (secondary N) is 1. The van der Waals surface area contributed by atoms with Gasteiger partial charge < -0.3 is 10.4 Å². The second-order valence-electron chi connectivity index (χ2n) is 3.95. The lowest BCUT2D eigenvalue weighted by Crippen LogP contribution is -2.35. The van der Waals surface area contributed by atoms with Crippen LogP contribution < -0.4 is 5.32 Å². The highest BCUT2D eigenvalue weighted by atomic mass is 32.2. The highest BCUT2D eigenvalue weighted by molar-refractivity contribution is 7.99. The number of carboxylic acid groups (broad SMARTS) is 1. The zero-order valence-corrected chi connectivity index (χ0v) is 11.2. The average molecular weight is 267 g/mol. The number of rotatable bonds is 6. The summed E-state index contributed by atoms with van der Waals surface area (Å²) < 4.78 is 0. The third kappa shape index (κ3) is 4.41. The number of hydrogen-bond donors (Lipinski definition) is 2. The number of hydrogen-bond acceptors (Lipinski definition) is 3. The highest BCUT2D eigenvalue weighted by Gasteiger charge is 2.20.